The van der Waals surface area contributed by atoms with Crippen LogP contribution in [0.3, 0.4) is 0 Å². The van der Waals surface area contributed by atoms with Crippen molar-refractivity contribution >= 4 is 11.7 Å². The Kier molecular flexibility index (Phi) is 6.45. The highest BCUT2D eigenvalue weighted by atomic mass is 19.3. The zero-order valence-electron chi connectivity index (χ0n) is 18.0. The zero-order chi connectivity index (χ0) is 22.7. The van der Waals surface area contributed by atoms with Gasteiger partial charge < -0.3 is 14.2 Å². The summed E-state index contributed by atoms with van der Waals surface area (Å²) in [6, 6.07) is 14.9. The molecule has 0 unspecified atom stereocenters. The molecule has 1 aliphatic heterocycles. The molecular formula is C23H25F2N5O2. The van der Waals surface area contributed by atoms with Crippen molar-refractivity contribution in [2.24, 2.45) is 0 Å². The monoisotopic (exact) mass is 441 g/mol. The quantitative estimate of drug-likeness (QED) is 0.589. The van der Waals surface area contributed by atoms with Gasteiger partial charge in [-0.2, -0.15) is 8.78 Å². The molecule has 4 rings (SSSR count). The second-order valence-electron chi connectivity index (χ2n) is 7.94. The number of aryl methyl sites for hydroxylation is 1. The van der Waals surface area contributed by atoms with Gasteiger partial charge in [-0.1, -0.05) is 29.8 Å². The van der Waals surface area contributed by atoms with Crippen LogP contribution in [-0.2, 0) is 6.54 Å². The van der Waals surface area contributed by atoms with Crippen molar-refractivity contribution in [3.8, 4) is 11.5 Å². The highest BCUT2D eigenvalue weighted by molar-refractivity contribution is 5.92. The lowest BCUT2D eigenvalue weighted by molar-refractivity contribution is 0.116. The largest absolute Gasteiger partial charge is 0.415 e. The summed E-state index contributed by atoms with van der Waals surface area (Å²) < 4.78 is 30.4. The van der Waals surface area contributed by atoms with Crippen LogP contribution in [0.2, 0.25) is 0 Å². The molecule has 1 fully saturated rings. The predicted octanol–water partition coefficient (Wildman–Crippen LogP) is 4.36. The lowest BCUT2D eigenvalue weighted by Crippen LogP contribution is -2.51. The maximum Gasteiger partial charge on any atom is 0.324 e. The van der Waals surface area contributed by atoms with E-state index >= 15 is 0 Å². The van der Waals surface area contributed by atoms with E-state index in [-0.39, 0.29) is 11.9 Å². The van der Waals surface area contributed by atoms with Crippen LogP contribution in [-0.4, -0.2) is 59.3 Å². The number of hydrogen-bond acceptors (Lipinski definition) is 5. The number of nitrogens with zero attached hydrogens (tertiary/aromatic N) is 5. The van der Waals surface area contributed by atoms with E-state index < -0.39 is 12.3 Å². The molecule has 1 aliphatic rings. The number of halogens is 2. The number of amides is 2. The number of rotatable bonds is 5. The van der Waals surface area contributed by atoms with E-state index in [2.05, 4.69) is 22.1 Å². The molecule has 0 bridgehead atoms. The molecule has 0 radical (unpaired) electrons. The average molecular weight is 441 g/mol. The summed E-state index contributed by atoms with van der Waals surface area (Å²) in [6.07, 6.45) is -2.81. The van der Waals surface area contributed by atoms with Crippen molar-refractivity contribution < 1.29 is 18.0 Å². The summed E-state index contributed by atoms with van der Waals surface area (Å²) in [5.41, 5.74) is 3.38. The van der Waals surface area contributed by atoms with Gasteiger partial charge in [-0.25, -0.2) is 4.79 Å². The van der Waals surface area contributed by atoms with Crippen molar-refractivity contribution in [3.05, 3.63) is 65.5 Å². The van der Waals surface area contributed by atoms with Gasteiger partial charge in [-0.05, 0) is 43.8 Å². The maximum absolute atomic E-state index is 13.4. The minimum atomic E-state index is -2.81. The van der Waals surface area contributed by atoms with Crippen molar-refractivity contribution in [2.45, 2.75) is 19.9 Å². The van der Waals surface area contributed by atoms with Crippen LogP contribution in [0.15, 0.2) is 52.9 Å². The highest BCUT2D eigenvalue weighted by Crippen LogP contribution is 2.25. The molecule has 3 aromatic rings. The van der Waals surface area contributed by atoms with Crippen LogP contribution in [0.25, 0.3) is 11.5 Å². The van der Waals surface area contributed by atoms with Gasteiger partial charge in [0.25, 0.3) is 5.89 Å². The molecule has 2 aromatic carbocycles. The molecule has 0 N–H and O–H groups in total. The Bertz CT molecular complexity index is 1050. The third kappa shape index (κ3) is 4.94. The van der Waals surface area contributed by atoms with E-state index in [1.54, 1.807) is 17.0 Å². The lowest BCUT2D eigenvalue weighted by Gasteiger charge is -2.36. The summed E-state index contributed by atoms with van der Waals surface area (Å²) in [4.78, 5) is 19.2. The molecule has 2 amide bonds. The lowest BCUT2D eigenvalue weighted by atomic mass is 10.1. The number of aromatic nitrogens is 2. The van der Waals surface area contributed by atoms with Gasteiger partial charge in [-0.15, -0.1) is 10.2 Å². The summed E-state index contributed by atoms with van der Waals surface area (Å²) >= 11 is 0. The van der Waals surface area contributed by atoms with E-state index in [4.69, 9.17) is 4.42 Å². The Morgan fingerprint density at radius 2 is 1.69 bits per heavy atom. The summed E-state index contributed by atoms with van der Waals surface area (Å²) in [7, 11) is 2.05. The number of anilines is 1. The molecule has 2 heterocycles. The molecule has 0 saturated carbocycles. The predicted molar refractivity (Wildman–Crippen MR) is 117 cm³/mol. The molecule has 32 heavy (non-hydrogen) atoms. The average Bonchev–Trinajstić information content (AvgIpc) is 3.29. The molecule has 7 nitrogen and oxygen atoms in total. The number of alkyl halides is 2. The van der Waals surface area contributed by atoms with Crippen LogP contribution in [0.5, 0.6) is 0 Å². The van der Waals surface area contributed by atoms with Gasteiger partial charge in [0.1, 0.15) is 0 Å². The van der Waals surface area contributed by atoms with Gasteiger partial charge in [0, 0.05) is 37.4 Å². The number of piperazine rings is 1. The normalized spacial score (nSPS) is 14.7. The van der Waals surface area contributed by atoms with Gasteiger partial charge in [-0.3, -0.25) is 4.90 Å². The molecule has 9 heteroatoms. The molecular weight excluding hydrogens is 416 g/mol. The van der Waals surface area contributed by atoms with Crippen LogP contribution >= 0.6 is 0 Å². The number of urea groups is 1. The first-order valence-corrected chi connectivity index (χ1v) is 10.4. The van der Waals surface area contributed by atoms with Crippen molar-refractivity contribution in [2.75, 3.05) is 38.1 Å². The number of carbonyl (C=O) groups excluding carboxylic acids is 1. The zero-order valence-corrected chi connectivity index (χ0v) is 18.0. The van der Waals surface area contributed by atoms with Gasteiger partial charge in [0.15, 0.2) is 0 Å². The highest BCUT2D eigenvalue weighted by Gasteiger charge is 2.25. The van der Waals surface area contributed by atoms with Gasteiger partial charge >= 0.3 is 12.5 Å². The smallest absolute Gasteiger partial charge is 0.324 e. The first-order valence-electron chi connectivity index (χ1n) is 10.4. The molecule has 1 saturated heterocycles. The molecule has 0 spiro atoms. The topological polar surface area (TPSA) is 65.7 Å². The maximum atomic E-state index is 13.4. The van der Waals surface area contributed by atoms with E-state index in [1.807, 2.05) is 48.2 Å². The molecule has 1 aromatic heterocycles. The number of carbonyl (C=O) groups is 1. The summed E-state index contributed by atoms with van der Waals surface area (Å²) in [5.74, 6) is -0.664. The second kappa shape index (κ2) is 9.44. The van der Waals surface area contributed by atoms with Crippen molar-refractivity contribution in [1.29, 1.82) is 0 Å². The van der Waals surface area contributed by atoms with Crippen LogP contribution in [0, 0.1) is 6.92 Å². The van der Waals surface area contributed by atoms with Crippen LogP contribution in [0.4, 0.5) is 19.3 Å². The van der Waals surface area contributed by atoms with Crippen LogP contribution < -0.4 is 4.90 Å². The van der Waals surface area contributed by atoms with E-state index in [1.165, 1.54) is 0 Å². The van der Waals surface area contributed by atoms with E-state index in [0.717, 1.165) is 29.9 Å². The Balaban J connectivity index is 1.54. The van der Waals surface area contributed by atoms with Crippen LogP contribution in [0.1, 0.15) is 23.4 Å². The Morgan fingerprint density at radius 1 is 1.03 bits per heavy atom. The Hall–Kier alpha value is -3.33. The van der Waals surface area contributed by atoms with Gasteiger partial charge in [0.2, 0.25) is 5.89 Å². The first kappa shape index (κ1) is 21.9. The molecule has 0 atom stereocenters. The Labute approximate surface area is 185 Å². The number of likely N-dealkylation sites (N-methyl/N-ethyl adjacent to an activating group) is 1. The van der Waals surface area contributed by atoms with Crippen molar-refractivity contribution in [3.63, 3.8) is 0 Å². The van der Waals surface area contributed by atoms with E-state index in [9.17, 15) is 13.6 Å². The third-order valence-electron chi connectivity index (χ3n) is 5.52. The fourth-order valence-corrected chi connectivity index (χ4v) is 3.54. The standard InChI is InChI=1S/C23H25F2N5O2/c1-16-3-9-19(10-4-16)30(23(31)29-13-11-28(2)12-14-29)15-17-5-7-18(8-6-17)21-26-27-22(32-21)20(24)25/h3-10,20H,11-15H2,1-2H3. The minimum absolute atomic E-state index is 0.0375. The van der Waals surface area contributed by atoms with Crippen molar-refractivity contribution in [1.82, 2.24) is 20.0 Å². The Morgan fingerprint density at radius 3 is 2.28 bits per heavy atom. The number of benzene rings is 2. The van der Waals surface area contributed by atoms with Gasteiger partial charge in [0.05, 0.1) is 6.54 Å². The third-order valence-corrected chi connectivity index (χ3v) is 5.52. The number of hydrogen-bond donors (Lipinski definition) is 0. The fourth-order valence-electron chi connectivity index (χ4n) is 3.54. The molecule has 168 valence electrons. The SMILES string of the molecule is Cc1ccc(N(Cc2ccc(-c3nnc(C(F)F)o3)cc2)C(=O)N2CCN(C)CC2)cc1. The van der Waals surface area contributed by atoms with E-state index in [0.29, 0.717) is 25.2 Å². The summed E-state index contributed by atoms with van der Waals surface area (Å²) in [6.45, 7) is 5.42. The first-order chi connectivity index (χ1) is 15.4. The minimum Gasteiger partial charge on any atom is -0.415 e. The summed E-state index contributed by atoms with van der Waals surface area (Å²) in [5, 5.41) is 7.04. The fraction of sp³-hybridized carbons (Fsp3) is 0.348. The molecule has 0 aliphatic carbocycles. The second-order valence-corrected chi connectivity index (χ2v) is 7.94.